The van der Waals surface area contributed by atoms with Crippen molar-refractivity contribution in [3.63, 3.8) is 0 Å². The van der Waals surface area contributed by atoms with Crippen LogP contribution in [0.2, 0.25) is 0 Å². The minimum Gasteiger partial charge on any atom is -0.309 e. The van der Waals surface area contributed by atoms with E-state index in [2.05, 4.69) is 83.3 Å². The lowest BCUT2D eigenvalue weighted by atomic mass is 10.1. The highest BCUT2D eigenvalue weighted by Crippen LogP contribution is 2.26. The van der Waals surface area contributed by atoms with E-state index in [-0.39, 0.29) is 0 Å². The van der Waals surface area contributed by atoms with Gasteiger partial charge in [-0.15, -0.1) is 0 Å². The van der Waals surface area contributed by atoms with E-state index in [4.69, 9.17) is 0 Å². The fourth-order valence-corrected chi connectivity index (χ4v) is 2.69. The van der Waals surface area contributed by atoms with Gasteiger partial charge in [0.25, 0.3) is 0 Å². The van der Waals surface area contributed by atoms with Crippen molar-refractivity contribution in [2.24, 2.45) is 0 Å². The standard InChI is InChI=1S/C18H13N/c1-2-6-14(7-3-1)18-13-12-16-11-10-15-8-4-5-9-17(15)19(16)18/h1-13H. The Morgan fingerprint density at radius 1 is 0.579 bits per heavy atom. The van der Waals surface area contributed by atoms with Crippen molar-refractivity contribution < 1.29 is 0 Å². The maximum absolute atomic E-state index is 2.32. The van der Waals surface area contributed by atoms with Gasteiger partial charge in [-0.2, -0.15) is 0 Å². The van der Waals surface area contributed by atoms with E-state index in [9.17, 15) is 0 Å². The third-order valence-electron chi connectivity index (χ3n) is 3.59. The van der Waals surface area contributed by atoms with E-state index in [0.717, 1.165) is 0 Å². The normalized spacial score (nSPS) is 11.2. The van der Waals surface area contributed by atoms with Crippen LogP contribution in [0.3, 0.4) is 0 Å². The molecule has 0 atom stereocenters. The smallest absolute Gasteiger partial charge is 0.0535 e. The van der Waals surface area contributed by atoms with E-state index in [1.54, 1.807) is 0 Å². The fourth-order valence-electron chi connectivity index (χ4n) is 2.69. The van der Waals surface area contributed by atoms with Gasteiger partial charge in [-0.1, -0.05) is 54.6 Å². The third-order valence-corrected chi connectivity index (χ3v) is 3.59. The first kappa shape index (κ1) is 10.4. The Morgan fingerprint density at radius 2 is 1.32 bits per heavy atom. The molecule has 1 heteroatoms. The first-order valence-corrected chi connectivity index (χ1v) is 6.48. The lowest BCUT2D eigenvalue weighted by molar-refractivity contribution is 1.27. The Hall–Kier alpha value is -2.54. The second kappa shape index (κ2) is 3.99. The van der Waals surface area contributed by atoms with Crippen LogP contribution in [-0.4, -0.2) is 4.40 Å². The van der Waals surface area contributed by atoms with Crippen LogP contribution in [-0.2, 0) is 0 Å². The van der Waals surface area contributed by atoms with Gasteiger partial charge in [0.15, 0.2) is 0 Å². The average Bonchev–Trinajstić information content (AvgIpc) is 2.92. The lowest BCUT2D eigenvalue weighted by Crippen LogP contribution is -1.90. The second-order valence-electron chi connectivity index (χ2n) is 4.74. The minimum atomic E-state index is 1.23. The summed E-state index contributed by atoms with van der Waals surface area (Å²) in [4.78, 5) is 0. The first-order chi connectivity index (χ1) is 9.43. The molecule has 0 bridgehead atoms. The molecule has 2 heterocycles. The molecule has 90 valence electrons. The Kier molecular flexibility index (Phi) is 2.18. The molecule has 0 saturated carbocycles. The molecule has 2 aromatic heterocycles. The van der Waals surface area contributed by atoms with E-state index in [1.807, 2.05) is 0 Å². The molecule has 4 rings (SSSR count). The molecule has 0 N–H and O–H groups in total. The number of rotatable bonds is 1. The van der Waals surface area contributed by atoms with Gasteiger partial charge in [0, 0.05) is 5.52 Å². The molecule has 0 amide bonds. The zero-order valence-corrected chi connectivity index (χ0v) is 10.5. The number of para-hydroxylation sites is 1. The second-order valence-corrected chi connectivity index (χ2v) is 4.74. The summed E-state index contributed by atoms with van der Waals surface area (Å²) in [5.41, 5.74) is 4.98. The summed E-state index contributed by atoms with van der Waals surface area (Å²) in [6, 6.07) is 27.8. The molecule has 2 aromatic carbocycles. The Morgan fingerprint density at radius 3 is 2.21 bits per heavy atom. The Balaban J connectivity index is 2.15. The summed E-state index contributed by atoms with van der Waals surface area (Å²) in [7, 11) is 0. The van der Waals surface area contributed by atoms with Crippen LogP contribution in [0.1, 0.15) is 0 Å². The van der Waals surface area contributed by atoms with Gasteiger partial charge < -0.3 is 4.40 Å². The zero-order chi connectivity index (χ0) is 12.7. The highest BCUT2D eigenvalue weighted by atomic mass is 14.9. The number of nitrogens with zero attached hydrogens (tertiary/aromatic N) is 1. The first-order valence-electron chi connectivity index (χ1n) is 6.48. The summed E-state index contributed by atoms with van der Waals surface area (Å²) in [6.45, 7) is 0. The van der Waals surface area contributed by atoms with Crippen molar-refractivity contribution in [3.05, 3.63) is 78.9 Å². The van der Waals surface area contributed by atoms with Crippen LogP contribution < -0.4 is 0 Å². The van der Waals surface area contributed by atoms with Gasteiger partial charge in [0.05, 0.1) is 11.2 Å². The monoisotopic (exact) mass is 243 g/mol. The number of pyridine rings is 1. The van der Waals surface area contributed by atoms with Gasteiger partial charge in [-0.3, -0.25) is 0 Å². The van der Waals surface area contributed by atoms with Crippen LogP contribution in [0.15, 0.2) is 78.9 Å². The van der Waals surface area contributed by atoms with Crippen molar-refractivity contribution >= 4 is 16.4 Å². The summed E-state index contributed by atoms with van der Waals surface area (Å²) in [6.07, 6.45) is 0. The van der Waals surface area contributed by atoms with E-state index in [1.165, 1.54) is 27.7 Å². The Bertz CT molecular complexity index is 857. The molecule has 4 aromatic rings. The molecule has 1 nitrogen and oxygen atoms in total. The molecular formula is C18H13N. The van der Waals surface area contributed by atoms with Crippen molar-refractivity contribution in [2.75, 3.05) is 0 Å². The maximum Gasteiger partial charge on any atom is 0.0535 e. The third kappa shape index (κ3) is 1.55. The van der Waals surface area contributed by atoms with Crippen molar-refractivity contribution in [3.8, 4) is 11.3 Å². The summed E-state index contributed by atoms with van der Waals surface area (Å²) in [5, 5.41) is 1.27. The largest absolute Gasteiger partial charge is 0.309 e. The van der Waals surface area contributed by atoms with Crippen LogP contribution >= 0.6 is 0 Å². The van der Waals surface area contributed by atoms with Crippen molar-refractivity contribution in [2.45, 2.75) is 0 Å². The molecule has 0 aliphatic heterocycles. The zero-order valence-electron chi connectivity index (χ0n) is 10.5. The van der Waals surface area contributed by atoms with E-state index >= 15 is 0 Å². The number of aromatic nitrogens is 1. The topological polar surface area (TPSA) is 4.41 Å². The SMILES string of the molecule is c1ccc(-c2ccc3ccc4ccccc4n23)cc1. The maximum atomic E-state index is 2.32. The summed E-state index contributed by atoms with van der Waals surface area (Å²) in [5.74, 6) is 0. The van der Waals surface area contributed by atoms with Crippen LogP contribution in [0.25, 0.3) is 27.7 Å². The molecule has 0 radical (unpaired) electrons. The molecule has 0 aliphatic rings. The average molecular weight is 243 g/mol. The predicted octanol–water partition coefficient (Wildman–Crippen LogP) is 4.76. The predicted molar refractivity (Wildman–Crippen MR) is 80.3 cm³/mol. The number of hydrogen-bond donors (Lipinski definition) is 0. The van der Waals surface area contributed by atoms with Crippen molar-refractivity contribution in [1.29, 1.82) is 0 Å². The molecule has 19 heavy (non-hydrogen) atoms. The molecule has 0 aliphatic carbocycles. The summed E-state index contributed by atoms with van der Waals surface area (Å²) < 4.78 is 2.32. The molecule has 0 unspecified atom stereocenters. The highest BCUT2D eigenvalue weighted by molar-refractivity contribution is 5.86. The van der Waals surface area contributed by atoms with E-state index < -0.39 is 0 Å². The Labute approximate surface area is 111 Å². The number of hydrogen-bond acceptors (Lipinski definition) is 0. The molecular weight excluding hydrogens is 230 g/mol. The van der Waals surface area contributed by atoms with Crippen molar-refractivity contribution in [1.82, 2.24) is 4.40 Å². The highest BCUT2D eigenvalue weighted by Gasteiger charge is 2.06. The van der Waals surface area contributed by atoms with Gasteiger partial charge in [0.2, 0.25) is 0 Å². The van der Waals surface area contributed by atoms with Crippen LogP contribution in [0.5, 0.6) is 0 Å². The van der Waals surface area contributed by atoms with Gasteiger partial charge in [-0.05, 0) is 35.2 Å². The van der Waals surface area contributed by atoms with Crippen LogP contribution in [0.4, 0.5) is 0 Å². The van der Waals surface area contributed by atoms with E-state index in [0.29, 0.717) is 0 Å². The lowest BCUT2D eigenvalue weighted by Gasteiger charge is -2.07. The number of benzene rings is 2. The molecule has 0 fully saturated rings. The molecule has 0 saturated heterocycles. The molecule has 0 spiro atoms. The van der Waals surface area contributed by atoms with Gasteiger partial charge in [-0.25, -0.2) is 0 Å². The van der Waals surface area contributed by atoms with Crippen LogP contribution in [0, 0.1) is 0 Å². The van der Waals surface area contributed by atoms with Gasteiger partial charge >= 0.3 is 0 Å². The minimum absolute atomic E-state index is 1.23. The van der Waals surface area contributed by atoms with Gasteiger partial charge in [0.1, 0.15) is 0 Å². The number of fused-ring (bicyclic) bond motifs is 3. The summed E-state index contributed by atoms with van der Waals surface area (Å²) >= 11 is 0. The fraction of sp³-hybridized carbons (Fsp3) is 0. The quantitative estimate of drug-likeness (QED) is 0.454.